The van der Waals surface area contributed by atoms with Crippen LogP contribution in [0.3, 0.4) is 0 Å². The Kier molecular flexibility index (Phi) is 4.72. The van der Waals surface area contributed by atoms with Gasteiger partial charge in [0.1, 0.15) is 0 Å². The van der Waals surface area contributed by atoms with Crippen LogP contribution in [0.4, 0.5) is 13.2 Å². The van der Waals surface area contributed by atoms with Crippen molar-refractivity contribution in [3.63, 3.8) is 0 Å². The molecule has 1 unspecified atom stereocenters. The Morgan fingerprint density at radius 3 is 2.33 bits per heavy atom. The number of hydrogen-bond acceptors (Lipinski definition) is 3. The summed E-state index contributed by atoms with van der Waals surface area (Å²) in [5.41, 5.74) is 0.621. The van der Waals surface area contributed by atoms with E-state index in [9.17, 15) is 23.1 Å². The second-order valence-electron chi connectivity index (χ2n) is 3.78. The molecule has 100 valence electrons. The van der Waals surface area contributed by atoms with E-state index in [1.807, 2.05) is 0 Å². The SMILES string of the molecule is COC(=O)c1ccc(C(O)CCC(F)(F)F)cc1. The minimum Gasteiger partial charge on any atom is -0.465 e. The quantitative estimate of drug-likeness (QED) is 0.849. The molecule has 1 aromatic carbocycles. The highest BCUT2D eigenvalue weighted by molar-refractivity contribution is 5.89. The molecule has 0 aromatic heterocycles. The fraction of sp³-hybridized carbons (Fsp3) is 0.417. The van der Waals surface area contributed by atoms with Gasteiger partial charge < -0.3 is 9.84 Å². The van der Waals surface area contributed by atoms with Gasteiger partial charge in [-0.25, -0.2) is 4.79 Å². The third-order valence-corrected chi connectivity index (χ3v) is 2.42. The average Bonchev–Trinajstić information content (AvgIpc) is 2.34. The summed E-state index contributed by atoms with van der Waals surface area (Å²) in [5.74, 6) is -0.536. The maximum Gasteiger partial charge on any atom is 0.389 e. The number of carbonyl (C=O) groups is 1. The van der Waals surface area contributed by atoms with Gasteiger partial charge in [-0.2, -0.15) is 13.2 Å². The average molecular weight is 262 g/mol. The van der Waals surface area contributed by atoms with Crippen LogP contribution in [0.15, 0.2) is 24.3 Å². The number of aliphatic hydroxyl groups excluding tert-OH is 1. The number of aliphatic hydroxyl groups is 1. The summed E-state index contributed by atoms with van der Waals surface area (Å²) in [6, 6.07) is 5.62. The number of ether oxygens (including phenoxy) is 1. The topological polar surface area (TPSA) is 46.5 Å². The summed E-state index contributed by atoms with van der Waals surface area (Å²) in [7, 11) is 1.23. The van der Waals surface area contributed by atoms with Crippen molar-refractivity contribution < 1.29 is 27.8 Å². The van der Waals surface area contributed by atoms with Gasteiger partial charge in [0.15, 0.2) is 0 Å². The standard InChI is InChI=1S/C12H13F3O3/c1-18-11(17)9-4-2-8(3-5-9)10(16)6-7-12(13,14)15/h2-5,10,16H,6-7H2,1H3. The number of alkyl halides is 3. The molecule has 3 nitrogen and oxygen atoms in total. The van der Waals surface area contributed by atoms with Gasteiger partial charge in [0.25, 0.3) is 0 Å². The Morgan fingerprint density at radius 2 is 1.89 bits per heavy atom. The van der Waals surface area contributed by atoms with Crippen LogP contribution < -0.4 is 0 Å². The third kappa shape index (κ3) is 4.37. The van der Waals surface area contributed by atoms with Crippen molar-refractivity contribution in [1.29, 1.82) is 0 Å². The number of carbonyl (C=O) groups excluding carboxylic acids is 1. The van der Waals surface area contributed by atoms with E-state index in [2.05, 4.69) is 4.74 Å². The number of methoxy groups -OCH3 is 1. The van der Waals surface area contributed by atoms with Gasteiger partial charge in [0.05, 0.1) is 18.8 Å². The predicted molar refractivity (Wildman–Crippen MR) is 58.0 cm³/mol. The monoisotopic (exact) mass is 262 g/mol. The van der Waals surface area contributed by atoms with E-state index in [-0.39, 0.29) is 5.56 Å². The zero-order valence-corrected chi connectivity index (χ0v) is 9.70. The van der Waals surface area contributed by atoms with Gasteiger partial charge in [-0.1, -0.05) is 12.1 Å². The second-order valence-corrected chi connectivity index (χ2v) is 3.78. The van der Waals surface area contributed by atoms with Gasteiger partial charge in [0, 0.05) is 6.42 Å². The Labute approximate surface area is 102 Å². The molecule has 0 saturated carbocycles. The Hall–Kier alpha value is -1.56. The molecule has 1 aromatic rings. The first-order chi connectivity index (χ1) is 8.33. The van der Waals surface area contributed by atoms with Crippen molar-refractivity contribution in [2.24, 2.45) is 0 Å². The highest BCUT2D eigenvalue weighted by Gasteiger charge is 2.28. The lowest BCUT2D eigenvalue weighted by Crippen LogP contribution is -2.10. The van der Waals surface area contributed by atoms with Crippen molar-refractivity contribution >= 4 is 5.97 Å². The van der Waals surface area contributed by atoms with E-state index in [0.717, 1.165) is 0 Å². The van der Waals surface area contributed by atoms with E-state index in [0.29, 0.717) is 5.56 Å². The Bertz CT molecular complexity index is 398. The van der Waals surface area contributed by atoms with Crippen molar-refractivity contribution in [1.82, 2.24) is 0 Å². The van der Waals surface area contributed by atoms with E-state index in [1.54, 1.807) is 0 Å². The fourth-order valence-electron chi connectivity index (χ4n) is 1.43. The smallest absolute Gasteiger partial charge is 0.389 e. The van der Waals surface area contributed by atoms with Crippen molar-refractivity contribution in [3.05, 3.63) is 35.4 Å². The minimum atomic E-state index is -4.28. The van der Waals surface area contributed by atoms with Crippen molar-refractivity contribution in [2.45, 2.75) is 25.1 Å². The molecule has 0 aliphatic heterocycles. The molecule has 0 radical (unpaired) electrons. The van der Waals surface area contributed by atoms with Crippen LogP contribution in [0.2, 0.25) is 0 Å². The number of halogens is 3. The normalized spacial score (nSPS) is 13.2. The van der Waals surface area contributed by atoms with E-state index in [1.165, 1.54) is 31.4 Å². The summed E-state index contributed by atoms with van der Waals surface area (Å²) >= 11 is 0. The van der Waals surface area contributed by atoms with Crippen LogP contribution in [0.1, 0.15) is 34.9 Å². The molecule has 1 atom stereocenters. The van der Waals surface area contributed by atoms with Crippen LogP contribution in [-0.2, 0) is 4.74 Å². The maximum absolute atomic E-state index is 12.0. The molecule has 0 fully saturated rings. The molecule has 0 heterocycles. The largest absolute Gasteiger partial charge is 0.465 e. The second kappa shape index (κ2) is 5.86. The molecule has 18 heavy (non-hydrogen) atoms. The van der Waals surface area contributed by atoms with Crippen molar-refractivity contribution in [2.75, 3.05) is 7.11 Å². The van der Waals surface area contributed by atoms with Gasteiger partial charge in [-0.05, 0) is 24.1 Å². The molecule has 1 rings (SSSR count). The van der Waals surface area contributed by atoms with Crippen LogP contribution in [0.25, 0.3) is 0 Å². The maximum atomic E-state index is 12.0. The molecule has 0 spiro atoms. The predicted octanol–water partition coefficient (Wildman–Crippen LogP) is 2.85. The molecule has 6 heteroatoms. The number of rotatable bonds is 4. The molecule has 1 N–H and O–H groups in total. The summed E-state index contributed by atoms with van der Waals surface area (Å²) in [6.45, 7) is 0. The molecule has 0 bridgehead atoms. The van der Waals surface area contributed by atoms with Crippen LogP contribution in [-0.4, -0.2) is 24.4 Å². The fourth-order valence-corrected chi connectivity index (χ4v) is 1.43. The lowest BCUT2D eigenvalue weighted by Gasteiger charge is -2.12. The van der Waals surface area contributed by atoms with Crippen LogP contribution in [0, 0.1) is 0 Å². The molecular formula is C12H13F3O3. The molecular weight excluding hydrogens is 249 g/mol. The molecule has 0 saturated heterocycles. The molecule has 0 aliphatic carbocycles. The highest BCUT2D eigenvalue weighted by atomic mass is 19.4. The third-order valence-electron chi connectivity index (χ3n) is 2.42. The zero-order valence-electron chi connectivity index (χ0n) is 9.70. The lowest BCUT2D eigenvalue weighted by molar-refractivity contribution is -0.140. The lowest BCUT2D eigenvalue weighted by atomic mass is 10.0. The number of hydrogen-bond donors (Lipinski definition) is 1. The summed E-state index contributed by atoms with van der Waals surface area (Å²) in [5, 5.41) is 9.55. The van der Waals surface area contributed by atoms with Gasteiger partial charge >= 0.3 is 12.1 Å². The van der Waals surface area contributed by atoms with Crippen LogP contribution in [0.5, 0.6) is 0 Å². The van der Waals surface area contributed by atoms with Crippen molar-refractivity contribution in [3.8, 4) is 0 Å². The summed E-state index contributed by atoms with van der Waals surface area (Å²) in [6.07, 6.45) is -6.93. The zero-order chi connectivity index (χ0) is 13.8. The van der Waals surface area contributed by atoms with Gasteiger partial charge in [-0.3, -0.25) is 0 Å². The Morgan fingerprint density at radius 1 is 1.33 bits per heavy atom. The molecule has 0 amide bonds. The van der Waals surface area contributed by atoms with Gasteiger partial charge in [0.2, 0.25) is 0 Å². The van der Waals surface area contributed by atoms with Crippen LogP contribution >= 0.6 is 0 Å². The first kappa shape index (κ1) is 14.5. The van der Waals surface area contributed by atoms with E-state index >= 15 is 0 Å². The first-order valence-electron chi connectivity index (χ1n) is 5.26. The Balaban J connectivity index is 2.64. The van der Waals surface area contributed by atoms with E-state index in [4.69, 9.17) is 0 Å². The van der Waals surface area contributed by atoms with E-state index < -0.39 is 31.1 Å². The summed E-state index contributed by atoms with van der Waals surface area (Å²) in [4.78, 5) is 11.1. The molecule has 0 aliphatic rings. The first-order valence-corrected chi connectivity index (χ1v) is 5.26. The highest BCUT2D eigenvalue weighted by Crippen LogP contribution is 2.27. The number of esters is 1. The number of benzene rings is 1. The summed E-state index contributed by atoms with van der Waals surface area (Å²) < 4.78 is 40.4. The minimum absolute atomic E-state index is 0.282. The van der Waals surface area contributed by atoms with Gasteiger partial charge in [-0.15, -0.1) is 0 Å².